The summed E-state index contributed by atoms with van der Waals surface area (Å²) < 4.78 is 73.7. The van der Waals surface area contributed by atoms with Crippen LogP contribution in [0.25, 0.3) is 0 Å². The first-order valence-electron chi connectivity index (χ1n) is 38.4. The lowest BCUT2D eigenvalue weighted by Gasteiger charge is -2.61. The molecule has 0 bridgehead atoms. The third kappa shape index (κ3) is 15.8. The average Bonchev–Trinajstić information content (AvgIpc) is 1.62. The topological polar surface area (TPSA) is 187 Å². The zero-order valence-corrected chi connectivity index (χ0v) is 62.0. The molecule has 4 saturated carbocycles. The van der Waals surface area contributed by atoms with Gasteiger partial charge < -0.3 is 52.1 Å². The van der Waals surface area contributed by atoms with Gasteiger partial charge in [0, 0.05) is 48.3 Å². The minimum absolute atomic E-state index is 0.00511. The lowest BCUT2D eigenvalue weighted by Crippen LogP contribution is -2.59. The van der Waals surface area contributed by atoms with Gasteiger partial charge >= 0.3 is 17.9 Å². The fraction of sp³-hybridized carbons (Fsp3) is 0.723. The van der Waals surface area contributed by atoms with Crippen molar-refractivity contribution in [3.63, 3.8) is 0 Å². The van der Waals surface area contributed by atoms with E-state index in [1.807, 2.05) is 58.0 Å². The Balaban J connectivity index is 0.699. The van der Waals surface area contributed by atoms with E-state index >= 15 is 0 Å². The number of Topliss-reactive ketones (excluding diaryl/α,β-unsaturated/α-hetero) is 2. The maximum Gasteiger partial charge on any atom is 0.338 e. The molecular formula is C83H118O16. The Labute approximate surface area is 590 Å². The van der Waals surface area contributed by atoms with Gasteiger partial charge in [-0.15, -0.1) is 0 Å². The largest absolute Gasteiger partial charge is 0.459 e. The van der Waals surface area contributed by atoms with Crippen molar-refractivity contribution in [3.05, 3.63) is 108 Å². The van der Waals surface area contributed by atoms with E-state index in [0.717, 1.165) is 57.8 Å². The van der Waals surface area contributed by atoms with Crippen LogP contribution in [0.15, 0.2) is 91.0 Å². The van der Waals surface area contributed by atoms with E-state index in [9.17, 15) is 24.0 Å². The van der Waals surface area contributed by atoms with Crippen molar-refractivity contribution in [2.45, 2.75) is 267 Å². The number of esters is 3. The van der Waals surface area contributed by atoms with E-state index in [1.165, 1.54) is 0 Å². The zero-order chi connectivity index (χ0) is 70.8. The molecule has 16 nitrogen and oxygen atoms in total. The van der Waals surface area contributed by atoms with Gasteiger partial charge in [0.05, 0.1) is 59.9 Å². The van der Waals surface area contributed by atoms with Gasteiger partial charge in [-0.05, 0) is 171 Å². The Morgan fingerprint density at radius 3 is 1.59 bits per heavy atom. The van der Waals surface area contributed by atoms with Gasteiger partial charge in [0.15, 0.2) is 31.3 Å². The zero-order valence-electron chi connectivity index (χ0n) is 62.0. The minimum Gasteiger partial charge on any atom is -0.459 e. The van der Waals surface area contributed by atoms with E-state index in [2.05, 4.69) is 76.2 Å². The van der Waals surface area contributed by atoms with Crippen molar-refractivity contribution < 1.29 is 76.1 Å². The Hall–Kier alpha value is -4.91. The molecule has 0 amide bonds. The number of carbonyl (C=O) groups is 5. The van der Waals surface area contributed by atoms with Crippen molar-refractivity contribution in [3.8, 4) is 0 Å². The number of fused-ring (bicyclic) bond motifs is 5. The second-order valence-corrected chi connectivity index (χ2v) is 32.5. The number of rotatable bonds is 24. The monoisotopic (exact) mass is 1370 g/mol. The standard InChI is InChI=1S/C83H118O16/c1-16-66-48(6)47(5)51(9)79(92-66)98-71-49(7)53(11)80(94-68(71)18-3)99-72-50(8)52(10)78(95-69(72)45-89-75(86)56-28-22-19-23-29-56)91-60-38-40-82(14)59(42-60)35-36-61-62(82)39-41-83(15)63(61)43-65(85)70(83)54(12)64(84)37-34-46(4)44-90-81-74(97-77(88)58-32-26-21-27-33-58)73(55(13)67(17-2)93-81)96-76(87)57-30-24-20-25-31-57/h19-33,46-55,59-63,66-74,78-81H,16-18,34-45H2,1-15H3/t46-,47-,48+,49+,50+,51?,52?,53?,54+,55-,59?,60?,61?,62?,63?,66?,67?,68?,69?,70?,71+,72+,73-,74?,78+,79-,80-,81+,82?,83?/m0/s1. The highest BCUT2D eigenvalue weighted by molar-refractivity contribution is 5.92. The van der Waals surface area contributed by atoms with Gasteiger partial charge in [0.2, 0.25) is 0 Å². The molecule has 30 atom stereocenters. The molecule has 4 saturated heterocycles. The third-order valence-electron chi connectivity index (χ3n) is 26.9. The number of hydrogen-bond donors (Lipinski definition) is 0. The number of hydrogen-bond acceptors (Lipinski definition) is 16. The van der Waals surface area contributed by atoms with Gasteiger partial charge in [0.25, 0.3) is 0 Å². The summed E-state index contributed by atoms with van der Waals surface area (Å²) in [6, 6.07) is 26.5. The van der Waals surface area contributed by atoms with E-state index in [-0.39, 0.29) is 126 Å². The lowest BCUT2D eigenvalue weighted by molar-refractivity contribution is -0.352. The normalized spacial score (nSPS) is 41.2. The number of benzene rings is 3. The maximum absolute atomic E-state index is 14.6. The van der Waals surface area contributed by atoms with E-state index in [1.54, 1.807) is 60.7 Å². The smallest absolute Gasteiger partial charge is 0.338 e. The van der Waals surface area contributed by atoms with Crippen LogP contribution in [0.4, 0.5) is 0 Å². The summed E-state index contributed by atoms with van der Waals surface area (Å²) in [7, 11) is 0. The fourth-order valence-corrected chi connectivity index (χ4v) is 19.8. The molecule has 4 heterocycles. The molecular weight excluding hydrogens is 1250 g/mol. The van der Waals surface area contributed by atoms with Crippen LogP contribution in [0.1, 0.15) is 218 Å². The molecule has 546 valence electrons. The second kappa shape index (κ2) is 32.4. The van der Waals surface area contributed by atoms with E-state index in [0.29, 0.717) is 72.0 Å². The summed E-state index contributed by atoms with van der Waals surface area (Å²) >= 11 is 0. The summed E-state index contributed by atoms with van der Waals surface area (Å²) in [5.74, 6) is 0.338. The molecule has 16 heteroatoms. The van der Waals surface area contributed by atoms with Gasteiger partial charge in [-0.1, -0.05) is 158 Å². The van der Waals surface area contributed by atoms with Crippen molar-refractivity contribution in [2.75, 3.05) is 13.2 Å². The minimum atomic E-state index is -1.07. The van der Waals surface area contributed by atoms with Gasteiger partial charge in [-0.25, -0.2) is 14.4 Å². The highest BCUT2D eigenvalue weighted by Crippen LogP contribution is 2.68. The highest BCUT2D eigenvalue weighted by Gasteiger charge is 2.64. The number of ketones is 2. The molecule has 8 aliphatic rings. The summed E-state index contributed by atoms with van der Waals surface area (Å²) in [5, 5.41) is 0. The first-order chi connectivity index (χ1) is 47.4. The fourth-order valence-electron chi connectivity index (χ4n) is 19.8. The Morgan fingerprint density at radius 2 is 1.00 bits per heavy atom. The van der Waals surface area contributed by atoms with Crippen molar-refractivity contribution in [2.24, 2.45) is 99.6 Å². The third-order valence-corrected chi connectivity index (χ3v) is 26.9. The molecule has 3 aromatic rings. The van der Waals surface area contributed by atoms with E-state index < -0.39 is 67.1 Å². The van der Waals surface area contributed by atoms with Crippen LogP contribution in [0, 0.1) is 99.6 Å². The predicted molar refractivity (Wildman–Crippen MR) is 376 cm³/mol. The van der Waals surface area contributed by atoms with Crippen LogP contribution in [-0.4, -0.2) is 123 Å². The second-order valence-electron chi connectivity index (χ2n) is 32.5. The molecule has 0 N–H and O–H groups in total. The molecule has 0 aromatic heterocycles. The van der Waals surface area contributed by atoms with Gasteiger partial charge in [0.1, 0.15) is 30.4 Å². The molecule has 8 fully saturated rings. The molecule has 0 spiro atoms. The van der Waals surface area contributed by atoms with Crippen LogP contribution in [0.5, 0.6) is 0 Å². The quantitative estimate of drug-likeness (QED) is 0.0468. The summed E-state index contributed by atoms with van der Waals surface area (Å²) in [6.07, 6.45) is 4.53. The van der Waals surface area contributed by atoms with Crippen LogP contribution < -0.4 is 0 Å². The lowest BCUT2D eigenvalue weighted by atomic mass is 9.44. The molecule has 3 aromatic carbocycles. The van der Waals surface area contributed by atoms with Crippen LogP contribution >= 0.6 is 0 Å². The Morgan fingerprint density at radius 1 is 0.505 bits per heavy atom. The average molecular weight is 1370 g/mol. The first kappa shape index (κ1) is 75.3. The summed E-state index contributed by atoms with van der Waals surface area (Å²) in [5.41, 5.74) is 1.03. The van der Waals surface area contributed by atoms with Crippen LogP contribution in [-0.2, 0) is 61.7 Å². The number of ether oxygens (including phenoxy) is 11. The van der Waals surface area contributed by atoms with Crippen molar-refractivity contribution in [1.29, 1.82) is 0 Å². The van der Waals surface area contributed by atoms with Crippen LogP contribution in [0.2, 0.25) is 0 Å². The number of carbonyl (C=O) groups excluding carboxylic acids is 5. The molecule has 16 unspecified atom stereocenters. The maximum atomic E-state index is 14.6. The molecule has 4 aliphatic carbocycles. The van der Waals surface area contributed by atoms with Gasteiger partial charge in [-0.2, -0.15) is 0 Å². The molecule has 11 rings (SSSR count). The predicted octanol–water partition coefficient (Wildman–Crippen LogP) is 16.1. The Kier molecular flexibility index (Phi) is 24.6. The highest BCUT2D eigenvalue weighted by atomic mass is 16.7. The molecule has 4 aliphatic heterocycles. The summed E-state index contributed by atoms with van der Waals surface area (Å²) in [6.45, 7) is 33.1. The molecule has 99 heavy (non-hydrogen) atoms. The van der Waals surface area contributed by atoms with Crippen molar-refractivity contribution in [1.82, 2.24) is 0 Å². The van der Waals surface area contributed by atoms with E-state index in [4.69, 9.17) is 52.1 Å². The summed E-state index contributed by atoms with van der Waals surface area (Å²) in [4.78, 5) is 70.0. The van der Waals surface area contributed by atoms with Gasteiger partial charge in [-0.3, -0.25) is 9.59 Å². The Bertz CT molecular complexity index is 3160. The SMILES string of the molecule is CCC1O[C@@H](O[C@H]2C(CC)O[C@@H](O[C@H]3C(COC(=O)c4ccccc4)O[C@@H](OC4CCC5(C)C(CCC6C5CCC5(C)C6CC(=O)C5[C@H](C)C(=O)CC[C@H](C)CO[C@@H]5OC(CC)[C@H](C)[C@H](OC(=O)c6ccccc6)C5OC(=O)c5ccccc5)C4)C(C)[C@H]3C)C(C)[C@H]2C)C(C)[C@@H](C)[C@H]1C. The first-order valence-corrected chi connectivity index (χ1v) is 38.4. The van der Waals surface area contributed by atoms with Crippen LogP contribution in [0.3, 0.4) is 0 Å². The molecule has 0 radical (unpaired) electrons. The van der Waals surface area contributed by atoms with Crippen molar-refractivity contribution >= 4 is 29.5 Å².